The summed E-state index contributed by atoms with van der Waals surface area (Å²) in [5, 5.41) is 0.878. The molecule has 1 aromatic heterocycles. The third-order valence-corrected chi connectivity index (χ3v) is 5.78. The number of amides is 1. The van der Waals surface area contributed by atoms with Gasteiger partial charge in [0.05, 0.1) is 23.9 Å². The highest BCUT2D eigenvalue weighted by atomic mass is 16.5. The van der Waals surface area contributed by atoms with Crippen molar-refractivity contribution < 1.29 is 19.1 Å². The Morgan fingerprint density at radius 3 is 2.38 bits per heavy atom. The molecule has 0 atom stereocenters. The summed E-state index contributed by atoms with van der Waals surface area (Å²) in [6.45, 7) is 6.10. The first-order valence-electron chi connectivity index (χ1n) is 10.7. The minimum absolute atomic E-state index is 0.185. The second-order valence-electron chi connectivity index (χ2n) is 7.96. The van der Waals surface area contributed by atoms with Gasteiger partial charge in [-0.15, -0.1) is 0 Å². The molecule has 1 aliphatic heterocycles. The van der Waals surface area contributed by atoms with Gasteiger partial charge in [-0.2, -0.15) is 0 Å². The van der Waals surface area contributed by atoms with Crippen molar-refractivity contribution in [1.82, 2.24) is 9.88 Å². The average Bonchev–Trinajstić information content (AvgIpc) is 2.82. The number of aryl methyl sites for hydroxylation is 2. The number of methoxy groups -OCH3 is 1. The minimum atomic E-state index is -0.524. The SMILES string of the molecule is COc1ccc(N2CCN(C(=O)COC(=O)c3cc4cc(C)ccc4nc3C)CC2)cc1. The molecule has 2 aromatic carbocycles. The number of ether oxygens (including phenoxy) is 2. The Labute approximate surface area is 187 Å². The molecule has 7 heteroatoms. The molecule has 2 heterocycles. The first kappa shape index (κ1) is 21.6. The highest BCUT2D eigenvalue weighted by Crippen LogP contribution is 2.21. The van der Waals surface area contributed by atoms with Gasteiger partial charge in [0, 0.05) is 37.3 Å². The molecule has 1 fully saturated rings. The van der Waals surface area contributed by atoms with E-state index in [0.717, 1.165) is 41.0 Å². The molecule has 3 aromatic rings. The van der Waals surface area contributed by atoms with Gasteiger partial charge in [0.25, 0.3) is 5.91 Å². The van der Waals surface area contributed by atoms with Gasteiger partial charge in [0.1, 0.15) is 5.75 Å². The quantitative estimate of drug-likeness (QED) is 0.575. The Balaban J connectivity index is 1.32. The first-order valence-corrected chi connectivity index (χ1v) is 10.7. The van der Waals surface area contributed by atoms with Gasteiger partial charge in [0.2, 0.25) is 0 Å². The van der Waals surface area contributed by atoms with Crippen LogP contribution in [0.2, 0.25) is 0 Å². The molecule has 1 amide bonds. The monoisotopic (exact) mass is 433 g/mol. The van der Waals surface area contributed by atoms with Crippen LogP contribution >= 0.6 is 0 Å². The summed E-state index contributed by atoms with van der Waals surface area (Å²) in [6, 6.07) is 15.6. The molecule has 0 N–H and O–H groups in total. The molecule has 0 saturated carbocycles. The fourth-order valence-corrected chi connectivity index (χ4v) is 3.90. The van der Waals surface area contributed by atoms with Crippen molar-refractivity contribution in [2.45, 2.75) is 13.8 Å². The number of rotatable bonds is 5. The van der Waals surface area contributed by atoms with E-state index in [4.69, 9.17) is 9.47 Å². The fourth-order valence-electron chi connectivity index (χ4n) is 3.90. The Kier molecular flexibility index (Phi) is 6.25. The zero-order chi connectivity index (χ0) is 22.7. The smallest absolute Gasteiger partial charge is 0.340 e. The highest BCUT2D eigenvalue weighted by Gasteiger charge is 2.23. The third-order valence-electron chi connectivity index (χ3n) is 5.78. The normalized spacial score (nSPS) is 13.8. The van der Waals surface area contributed by atoms with Crippen LogP contribution in [-0.2, 0) is 9.53 Å². The lowest BCUT2D eigenvalue weighted by atomic mass is 10.1. The van der Waals surface area contributed by atoms with Crippen LogP contribution in [0.4, 0.5) is 5.69 Å². The van der Waals surface area contributed by atoms with Crippen molar-refractivity contribution in [3.05, 3.63) is 65.4 Å². The summed E-state index contributed by atoms with van der Waals surface area (Å²) in [4.78, 5) is 33.7. The summed E-state index contributed by atoms with van der Waals surface area (Å²) in [5.74, 6) is 0.106. The molecule has 0 aliphatic carbocycles. The molecular weight excluding hydrogens is 406 g/mol. The van der Waals surface area contributed by atoms with Crippen LogP contribution in [0.3, 0.4) is 0 Å². The van der Waals surface area contributed by atoms with Crippen molar-refractivity contribution in [3.63, 3.8) is 0 Å². The molecular formula is C25H27N3O4. The number of fused-ring (bicyclic) bond motifs is 1. The minimum Gasteiger partial charge on any atom is -0.497 e. The second-order valence-corrected chi connectivity index (χ2v) is 7.96. The standard InChI is InChI=1S/C25H27N3O4/c1-17-4-9-23-19(14-17)15-22(18(2)26-23)25(30)32-16-24(29)28-12-10-27(11-13-28)20-5-7-21(31-3)8-6-20/h4-9,14-15H,10-13,16H2,1-3H3. The van der Waals surface area contributed by atoms with Gasteiger partial charge in [0.15, 0.2) is 6.61 Å². The summed E-state index contributed by atoms with van der Waals surface area (Å²) in [5.41, 5.74) is 3.99. The van der Waals surface area contributed by atoms with Gasteiger partial charge in [-0.05, 0) is 56.3 Å². The van der Waals surface area contributed by atoms with Crippen LogP contribution in [0.15, 0.2) is 48.5 Å². The molecule has 0 bridgehead atoms. The topological polar surface area (TPSA) is 72.0 Å². The number of anilines is 1. The second kappa shape index (κ2) is 9.26. The molecule has 7 nitrogen and oxygen atoms in total. The fraction of sp³-hybridized carbons (Fsp3) is 0.320. The first-order chi connectivity index (χ1) is 15.4. The van der Waals surface area contributed by atoms with Crippen molar-refractivity contribution >= 4 is 28.5 Å². The molecule has 0 spiro atoms. The molecule has 0 unspecified atom stereocenters. The number of benzene rings is 2. The van der Waals surface area contributed by atoms with Gasteiger partial charge >= 0.3 is 5.97 Å². The number of nitrogens with zero attached hydrogens (tertiary/aromatic N) is 3. The summed E-state index contributed by atoms with van der Waals surface area (Å²) in [6.07, 6.45) is 0. The van der Waals surface area contributed by atoms with E-state index in [1.165, 1.54) is 0 Å². The predicted molar refractivity (Wildman–Crippen MR) is 123 cm³/mol. The van der Waals surface area contributed by atoms with Crippen molar-refractivity contribution in [2.24, 2.45) is 0 Å². The Morgan fingerprint density at radius 1 is 0.969 bits per heavy atom. The number of hydrogen-bond donors (Lipinski definition) is 0. The van der Waals surface area contributed by atoms with E-state index in [1.54, 1.807) is 25.0 Å². The molecule has 1 aliphatic rings. The zero-order valence-electron chi connectivity index (χ0n) is 18.6. The van der Waals surface area contributed by atoms with Gasteiger partial charge < -0.3 is 19.3 Å². The summed E-state index contributed by atoms with van der Waals surface area (Å²) < 4.78 is 10.5. The molecule has 32 heavy (non-hydrogen) atoms. The van der Waals surface area contributed by atoms with Crippen molar-refractivity contribution in [3.8, 4) is 5.75 Å². The Morgan fingerprint density at radius 2 is 1.69 bits per heavy atom. The molecule has 0 radical (unpaired) electrons. The van der Waals surface area contributed by atoms with Gasteiger partial charge in [-0.25, -0.2) is 4.79 Å². The maximum Gasteiger partial charge on any atom is 0.340 e. The number of carbonyl (C=O) groups is 2. The number of esters is 1. The maximum absolute atomic E-state index is 12.6. The number of carbonyl (C=O) groups excluding carboxylic acids is 2. The Bertz CT molecular complexity index is 1140. The van der Waals surface area contributed by atoms with Crippen molar-refractivity contribution in [2.75, 3.05) is 44.8 Å². The number of pyridine rings is 1. The number of hydrogen-bond acceptors (Lipinski definition) is 6. The van der Waals surface area contributed by atoms with Crippen LogP contribution in [0, 0.1) is 13.8 Å². The maximum atomic E-state index is 12.6. The molecule has 166 valence electrons. The predicted octanol–water partition coefficient (Wildman–Crippen LogP) is 3.37. The lowest BCUT2D eigenvalue weighted by molar-refractivity contribution is -0.134. The van der Waals surface area contributed by atoms with E-state index in [0.29, 0.717) is 24.3 Å². The molecule has 4 rings (SSSR count). The molecule has 1 saturated heterocycles. The largest absolute Gasteiger partial charge is 0.497 e. The summed E-state index contributed by atoms with van der Waals surface area (Å²) >= 11 is 0. The van der Waals surface area contributed by atoms with Gasteiger partial charge in [-0.1, -0.05) is 11.6 Å². The third kappa shape index (κ3) is 4.66. The lowest BCUT2D eigenvalue weighted by Gasteiger charge is -2.36. The average molecular weight is 434 g/mol. The van der Waals surface area contributed by atoms with Crippen LogP contribution in [-0.4, -0.2) is 61.7 Å². The van der Waals surface area contributed by atoms with E-state index in [-0.39, 0.29) is 12.5 Å². The number of aromatic nitrogens is 1. The highest BCUT2D eigenvalue weighted by molar-refractivity contribution is 5.96. The van der Waals surface area contributed by atoms with Crippen LogP contribution in [0.1, 0.15) is 21.6 Å². The van der Waals surface area contributed by atoms with E-state index < -0.39 is 5.97 Å². The lowest BCUT2D eigenvalue weighted by Crippen LogP contribution is -2.49. The van der Waals surface area contributed by atoms with E-state index in [2.05, 4.69) is 9.88 Å². The zero-order valence-corrected chi connectivity index (χ0v) is 18.6. The van der Waals surface area contributed by atoms with E-state index >= 15 is 0 Å². The van der Waals surface area contributed by atoms with Crippen LogP contribution in [0.5, 0.6) is 5.75 Å². The van der Waals surface area contributed by atoms with Crippen LogP contribution in [0.25, 0.3) is 10.9 Å². The van der Waals surface area contributed by atoms with Crippen molar-refractivity contribution in [1.29, 1.82) is 0 Å². The number of piperazine rings is 1. The van der Waals surface area contributed by atoms with E-state index in [9.17, 15) is 9.59 Å². The van der Waals surface area contributed by atoms with E-state index in [1.807, 2.05) is 49.4 Å². The van der Waals surface area contributed by atoms with Crippen LogP contribution < -0.4 is 9.64 Å². The Hall–Kier alpha value is -3.61. The summed E-state index contributed by atoms with van der Waals surface area (Å²) in [7, 11) is 1.64. The van der Waals surface area contributed by atoms with Gasteiger partial charge in [-0.3, -0.25) is 9.78 Å².